The second kappa shape index (κ2) is 6.53. The van der Waals surface area contributed by atoms with Crippen LogP contribution in [-0.2, 0) is 9.47 Å². The van der Waals surface area contributed by atoms with Gasteiger partial charge in [-0.25, -0.2) is 0 Å². The summed E-state index contributed by atoms with van der Waals surface area (Å²) in [5.74, 6) is 0. The molecule has 0 amide bonds. The number of nitrogens with zero attached hydrogens (tertiary/aromatic N) is 1. The minimum Gasteiger partial charge on any atom is -0.447 e. The SMILES string of the molecule is C1COCCO1.Clc1ccnc2cc(I)oc12. The van der Waals surface area contributed by atoms with Crippen molar-refractivity contribution in [2.24, 2.45) is 0 Å². The highest BCUT2D eigenvalue weighted by Crippen LogP contribution is 2.25. The summed E-state index contributed by atoms with van der Waals surface area (Å²) < 4.78 is 16.0. The fourth-order valence-electron chi connectivity index (χ4n) is 1.32. The van der Waals surface area contributed by atoms with E-state index in [0.29, 0.717) is 10.6 Å². The van der Waals surface area contributed by atoms with Crippen molar-refractivity contribution < 1.29 is 13.9 Å². The van der Waals surface area contributed by atoms with Gasteiger partial charge < -0.3 is 13.9 Å². The van der Waals surface area contributed by atoms with Gasteiger partial charge in [-0.05, 0) is 28.7 Å². The summed E-state index contributed by atoms with van der Waals surface area (Å²) in [6.45, 7) is 3.11. The summed E-state index contributed by atoms with van der Waals surface area (Å²) >= 11 is 7.92. The molecule has 3 heterocycles. The summed E-state index contributed by atoms with van der Waals surface area (Å²) in [6, 6.07) is 3.56. The molecule has 0 bridgehead atoms. The molecule has 2 aromatic rings. The van der Waals surface area contributed by atoms with E-state index >= 15 is 0 Å². The summed E-state index contributed by atoms with van der Waals surface area (Å²) in [5.41, 5.74) is 1.47. The molecule has 1 aliphatic heterocycles. The van der Waals surface area contributed by atoms with E-state index < -0.39 is 0 Å². The molecule has 1 aliphatic rings. The number of pyridine rings is 1. The van der Waals surface area contributed by atoms with Gasteiger partial charge in [0.2, 0.25) is 0 Å². The van der Waals surface area contributed by atoms with Crippen molar-refractivity contribution in [1.29, 1.82) is 0 Å². The fourth-order valence-corrected chi connectivity index (χ4v) is 2.02. The Balaban J connectivity index is 0.000000153. The Morgan fingerprint density at radius 2 is 1.82 bits per heavy atom. The Morgan fingerprint density at radius 3 is 2.35 bits per heavy atom. The third-order valence-electron chi connectivity index (χ3n) is 2.08. The molecule has 6 heteroatoms. The van der Waals surface area contributed by atoms with Crippen LogP contribution in [0.5, 0.6) is 0 Å². The standard InChI is InChI=1S/C7H3ClINO.C4H8O2/c8-4-1-2-10-5-3-6(9)11-7(4)5;1-2-6-4-3-5-1/h1-3H;1-4H2. The molecule has 0 radical (unpaired) electrons. The lowest BCUT2D eigenvalue weighted by atomic mass is 10.4. The highest BCUT2D eigenvalue weighted by atomic mass is 127. The number of fused-ring (bicyclic) bond motifs is 1. The van der Waals surface area contributed by atoms with Crippen LogP contribution in [0.1, 0.15) is 0 Å². The topological polar surface area (TPSA) is 44.5 Å². The molecule has 1 saturated heterocycles. The Labute approximate surface area is 117 Å². The molecule has 0 spiro atoms. The molecule has 0 aromatic carbocycles. The highest BCUT2D eigenvalue weighted by molar-refractivity contribution is 14.1. The quantitative estimate of drug-likeness (QED) is 0.671. The van der Waals surface area contributed by atoms with Crippen LogP contribution >= 0.6 is 34.2 Å². The lowest BCUT2D eigenvalue weighted by Crippen LogP contribution is -2.16. The van der Waals surface area contributed by atoms with Crippen molar-refractivity contribution >= 4 is 45.3 Å². The van der Waals surface area contributed by atoms with Gasteiger partial charge in [-0.3, -0.25) is 4.98 Å². The first-order valence-corrected chi connectivity index (χ1v) is 6.58. The van der Waals surface area contributed by atoms with Gasteiger partial charge in [0, 0.05) is 12.3 Å². The molecule has 4 nitrogen and oxygen atoms in total. The fraction of sp³-hybridized carbons (Fsp3) is 0.364. The maximum absolute atomic E-state index is 5.83. The maximum atomic E-state index is 5.83. The summed E-state index contributed by atoms with van der Waals surface area (Å²) in [4.78, 5) is 4.08. The molecule has 0 N–H and O–H groups in total. The lowest BCUT2D eigenvalue weighted by Gasteiger charge is -2.09. The van der Waals surface area contributed by atoms with Crippen LogP contribution in [-0.4, -0.2) is 31.4 Å². The predicted octanol–water partition coefficient (Wildman–Crippen LogP) is 3.12. The van der Waals surface area contributed by atoms with Crippen LogP contribution in [0.2, 0.25) is 5.02 Å². The van der Waals surface area contributed by atoms with E-state index in [9.17, 15) is 0 Å². The smallest absolute Gasteiger partial charge is 0.172 e. The summed E-state index contributed by atoms with van der Waals surface area (Å²) in [7, 11) is 0. The van der Waals surface area contributed by atoms with Gasteiger partial charge in [-0.1, -0.05) is 11.6 Å². The first kappa shape index (κ1) is 13.1. The van der Waals surface area contributed by atoms with Crippen LogP contribution in [0.3, 0.4) is 0 Å². The number of hydrogen-bond donors (Lipinski definition) is 0. The first-order valence-electron chi connectivity index (χ1n) is 5.12. The molecular weight excluding hydrogens is 356 g/mol. The minimum atomic E-state index is 0.609. The summed E-state index contributed by atoms with van der Waals surface area (Å²) in [5, 5.41) is 0.609. The van der Waals surface area contributed by atoms with Gasteiger partial charge in [0.25, 0.3) is 0 Å². The maximum Gasteiger partial charge on any atom is 0.172 e. The third kappa shape index (κ3) is 3.80. The Hall–Kier alpha value is -0.370. The van der Waals surface area contributed by atoms with Crippen LogP contribution in [0.4, 0.5) is 0 Å². The highest BCUT2D eigenvalue weighted by Gasteiger charge is 2.04. The molecule has 0 saturated carbocycles. The average molecular weight is 368 g/mol. The molecule has 92 valence electrons. The Kier molecular flexibility index (Phi) is 5.02. The van der Waals surface area contributed by atoms with Crippen molar-refractivity contribution in [2.75, 3.05) is 26.4 Å². The van der Waals surface area contributed by atoms with Gasteiger partial charge in [-0.15, -0.1) is 0 Å². The molecule has 17 heavy (non-hydrogen) atoms. The number of rotatable bonds is 0. The summed E-state index contributed by atoms with van der Waals surface area (Å²) in [6.07, 6.45) is 1.66. The van der Waals surface area contributed by atoms with Crippen molar-refractivity contribution in [2.45, 2.75) is 0 Å². The van der Waals surface area contributed by atoms with Gasteiger partial charge in [0.05, 0.1) is 31.5 Å². The molecule has 2 aromatic heterocycles. The second-order valence-corrected chi connectivity index (χ2v) is 4.75. The predicted molar refractivity (Wildman–Crippen MR) is 73.4 cm³/mol. The second-order valence-electron chi connectivity index (χ2n) is 3.28. The zero-order chi connectivity index (χ0) is 12.1. The Bertz CT molecular complexity index is 473. The monoisotopic (exact) mass is 367 g/mol. The normalized spacial score (nSPS) is 15.4. The molecule has 0 aliphatic carbocycles. The van der Waals surface area contributed by atoms with Gasteiger partial charge >= 0.3 is 0 Å². The van der Waals surface area contributed by atoms with E-state index in [0.717, 1.165) is 35.7 Å². The molecule has 3 rings (SSSR count). The van der Waals surface area contributed by atoms with Crippen molar-refractivity contribution in [3.63, 3.8) is 0 Å². The number of aromatic nitrogens is 1. The van der Waals surface area contributed by atoms with E-state index in [2.05, 4.69) is 27.6 Å². The first-order chi connectivity index (χ1) is 8.27. The molecule has 0 atom stereocenters. The van der Waals surface area contributed by atoms with E-state index in [4.69, 9.17) is 25.5 Å². The van der Waals surface area contributed by atoms with Gasteiger partial charge in [0.1, 0.15) is 5.52 Å². The average Bonchev–Trinajstić information content (AvgIpc) is 2.74. The lowest BCUT2D eigenvalue weighted by molar-refractivity contribution is -0.0334. The zero-order valence-electron chi connectivity index (χ0n) is 8.99. The molecule has 0 unspecified atom stereocenters. The number of hydrogen-bond acceptors (Lipinski definition) is 4. The largest absolute Gasteiger partial charge is 0.447 e. The van der Waals surface area contributed by atoms with Crippen LogP contribution in [0, 0.1) is 3.77 Å². The molecular formula is C11H11ClINO3. The number of furan rings is 1. The van der Waals surface area contributed by atoms with Crippen molar-refractivity contribution in [1.82, 2.24) is 4.98 Å². The van der Waals surface area contributed by atoms with Gasteiger partial charge in [0.15, 0.2) is 9.35 Å². The van der Waals surface area contributed by atoms with E-state index in [1.54, 1.807) is 12.3 Å². The van der Waals surface area contributed by atoms with E-state index in [1.807, 2.05) is 6.07 Å². The Morgan fingerprint density at radius 1 is 1.18 bits per heavy atom. The van der Waals surface area contributed by atoms with Crippen molar-refractivity contribution in [3.8, 4) is 0 Å². The van der Waals surface area contributed by atoms with Crippen molar-refractivity contribution in [3.05, 3.63) is 27.1 Å². The number of ether oxygens (including phenoxy) is 2. The van der Waals surface area contributed by atoms with E-state index in [-0.39, 0.29) is 0 Å². The van der Waals surface area contributed by atoms with E-state index in [1.165, 1.54) is 0 Å². The van der Waals surface area contributed by atoms with Crippen LogP contribution in [0.25, 0.3) is 11.1 Å². The van der Waals surface area contributed by atoms with Crippen LogP contribution < -0.4 is 0 Å². The number of halogens is 2. The van der Waals surface area contributed by atoms with Crippen LogP contribution in [0.15, 0.2) is 22.7 Å². The third-order valence-corrected chi connectivity index (χ3v) is 2.91. The van der Waals surface area contributed by atoms with Gasteiger partial charge in [-0.2, -0.15) is 0 Å². The minimum absolute atomic E-state index is 0.609. The molecule has 1 fully saturated rings. The zero-order valence-corrected chi connectivity index (χ0v) is 11.9.